The Morgan fingerprint density at radius 1 is 1.04 bits per heavy atom. The van der Waals surface area contributed by atoms with Crippen LogP contribution < -0.4 is 10.6 Å². The Balaban J connectivity index is 1.58. The number of piperidine rings is 1. The van der Waals surface area contributed by atoms with Crippen LogP contribution in [-0.2, 0) is 11.3 Å². The molecule has 1 unspecified atom stereocenters. The van der Waals surface area contributed by atoms with Crippen molar-refractivity contribution in [2.24, 2.45) is 5.41 Å². The molecule has 0 saturated carbocycles. The first-order valence-corrected chi connectivity index (χ1v) is 9.00. The number of nitrogens with one attached hydrogen (secondary N) is 2. The predicted molar refractivity (Wildman–Crippen MR) is 103 cm³/mol. The molecule has 1 saturated heterocycles. The fourth-order valence-corrected chi connectivity index (χ4v) is 3.31. The smallest absolute Gasteiger partial charge is 0.321 e. The topological polar surface area (TPSA) is 61.4 Å². The van der Waals surface area contributed by atoms with E-state index < -0.39 is 5.41 Å². The molecule has 26 heavy (non-hydrogen) atoms. The third-order valence-electron chi connectivity index (χ3n) is 4.85. The van der Waals surface area contributed by atoms with Gasteiger partial charge in [0.05, 0.1) is 5.41 Å². The standard InChI is InChI=1S/C21H25N3O2/c1-21(19(25)22-15-17-9-4-2-5-10-17)13-8-14-24(16-21)20(26)23-18-11-6-3-7-12-18/h2-7,9-12H,8,13-16H2,1H3,(H,22,25)(H,23,26). The van der Waals surface area contributed by atoms with E-state index in [9.17, 15) is 9.59 Å². The van der Waals surface area contributed by atoms with E-state index in [2.05, 4.69) is 10.6 Å². The molecular weight excluding hydrogens is 326 g/mol. The second-order valence-corrected chi connectivity index (χ2v) is 7.05. The van der Waals surface area contributed by atoms with E-state index in [0.717, 1.165) is 24.1 Å². The molecule has 5 heteroatoms. The van der Waals surface area contributed by atoms with Crippen LogP contribution in [0, 0.1) is 5.41 Å². The van der Waals surface area contributed by atoms with Crippen molar-refractivity contribution >= 4 is 17.6 Å². The third kappa shape index (κ3) is 4.42. The molecule has 0 spiro atoms. The van der Waals surface area contributed by atoms with E-state index in [1.54, 1.807) is 4.90 Å². The Labute approximate surface area is 154 Å². The van der Waals surface area contributed by atoms with Crippen LogP contribution in [0.25, 0.3) is 0 Å². The van der Waals surface area contributed by atoms with Gasteiger partial charge >= 0.3 is 6.03 Å². The quantitative estimate of drug-likeness (QED) is 0.883. The molecule has 3 rings (SSSR count). The monoisotopic (exact) mass is 351 g/mol. The van der Waals surface area contributed by atoms with E-state index in [4.69, 9.17) is 0 Å². The molecule has 5 nitrogen and oxygen atoms in total. The van der Waals surface area contributed by atoms with Gasteiger partial charge in [-0.25, -0.2) is 4.79 Å². The van der Waals surface area contributed by atoms with Crippen molar-refractivity contribution < 1.29 is 9.59 Å². The zero-order valence-corrected chi connectivity index (χ0v) is 15.1. The molecule has 0 radical (unpaired) electrons. The number of carbonyl (C=O) groups excluding carboxylic acids is 2. The number of urea groups is 1. The number of amides is 3. The lowest BCUT2D eigenvalue weighted by Crippen LogP contribution is -2.52. The van der Waals surface area contributed by atoms with Gasteiger partial charge < -0.3 is 15.5 Å². The van der Waals surface area contributed by atoms with Crippen LogP contribution in [0.4, 0.5) is 10.5 Å². The molecule has 2 N–H and O–H groups in total. The molecule has 0 aromatic heterocycles. The summed E-state index contributed by atoms with van der Waals surface area (Å²) in [5.41, 5.74) is 1.26. The maximum Gasteiger partial charge on any atom is 0.321 e. The molecule has 1 atom stereocenters. The van der Waals surface area contributed by atoms with Crippen molar-refractivity contribution in [3.63, 3.8) is 0 Å². The highest BCUT2D eigenvalue weighted by Crippen LogP contribution is 2.30. The molecule has 3 amide bonds. The largest absolute Gasteiger partial charge is 0.351 e. The lowest BCUT2D eigenvalue weighted by Gasteiger charge is -2.39. The number of hydrogen-bond acceptors (Lipinski definition) is 2. The van der Waals surface area contributed by atoms with Gasteiger partial charge in [-0.1, -0.05) is 48.5 Å². The molecule has 1 heterocycles. The van der Waals surface area contributed by atoms with Crippen LogP contribution >= 0.6 is 0 Å². The average molecular weight is 351 g/mol. The number of nitrogens with zero attached hydrogens (tertiary/aromatic N) is 1. The van der Waals surface area contributed by atoms with E-state index in [0.29, 0.717) is 19.6 Å². The molecule has 136 valence electrons. The van der Waals surface area contributed by atoms with E-state index >= 15 is 0 Å². The summed E-state index contributed by atoms with van der Waals surface area (Å²) >= 11 is 0. The lowest BCUT2D eigenvalue weighted by atomic mass is 9.81. The van der Waals surface area contributed by atoms with Gasteiger partial charge in [-0.05, 0) is 37.5 Å². The van der Waals surface area contributed by atoms with Gasteiger partial charge in [-0.2, -0.15) is 0 Å². The van der Waals surface area contributed by atoms with Crippen molar-refractivity contribution in [1.82, 2.24) is 10.2 Å². The van der Waals surface area contributed by atoms with Crippen LogP contribution in [0.1, 0.15) is 25.3 Å². The highest BCUT2D eigenvalue weighted by molar-refractivity contribution is 5.90. The van der Waals surface area contributed by atoms with Gasteiger partial charge in [0.25, 0.3) is 0 Å². The minimum Gasteiger partial charge on any atom is -0.351 e. The number of carbonyl (C=O) groups is 2. The first-order valence-electron chi connectivity index (χ1n) is 9.00. The number of benzene rings is 2. The van der Waals surface area contributed by atoms with Crippen LogP contribution in [0.5, 0.6) is 0 Å². The maximum atomic E-state index is 12.8. The zero-order chi connectivity index (χ0) is 18.4. The number of para-hydroxylation sites is 1. The lowest BCUT2D eigenvalue weighted by molar-refractivity contribution is -0.132. The summed E-state index contributed by atoms with van der Waals surface area (Å²) in [6.07, 6.45) is 1.60. The van der Waals surface area contributed by atoms with Gasteiger partial charge in [0.2, 0.25) is 5.91 Å². The number of anilines is 1. The Morgan fingerprint density at radius 2 is 1.69 bits per heavy atom. The Bertz CT molecular complexity index is 748. The van der Waals surface area contributed by atoms with Gasteiger partial charge in [0.15, 0.2) is 0 Å². The molecule has 1 aliphatic heterocycles. The number of rotatable bonds is 4. The first-order chi connectivity index (χ1) is 12.6. The van der Waals surface area contributed by atoms with Gasteiger partial charge in [0.1, 0.15) is 0 Å². The predicted octanol–water partition coefficient (Wildman–Crippen LogP) is 3.64. The summed E-state index contributed by atoms with van der Waals surface area (Å²) in [6.45, 7) is 3.53. The zero-order valence-electron chi connectivity index (χ0n) is 15.1. The van der Waals surface area contributed by atoms with Crippen molar-refractivity contribution in [2.75, 3.05) is 18.4 Å². The second-order valence-electron chi connectivity index (χ2n) is 7.05. The first kappa shape index (κ1) is 18.0. The second kappa shape index (κ2) is 8.04. The van der Waals surface area contributed by atoms with Crippen molar-refractivity contribution in [1.29, 1.82) is 0 Å². The normalized spacial score (nSPS) is 19.7. The van der Waals surface area contributed by atoms with E-state index in [1.807, 2.05) is 67.6 Å². The van der Waals surface area contributed by atoms with Crippen LogP contribution in [0.15, 0.2) is 60.7 Å². The van der Waals surface area contributed by atoms with Crippen molar-refractivity contribution in [3.05, 3.63) is 66.2 Å². The van der Waals surface area contributed by atoms with Gasteiger partial charge in [0, 0.05) is 25.3 Å². The van der Waals surface area contributed by atoms with Crippen LogP contribution in [-0.4, -0.2) is 29.9 Å². The van der Waals surface area contributed by atoms with Gasteiger partial charge in [-0.15, -0.1) is 0 Å². The molecule has 1 aliphatic rings. The van der Waals surface area contributed by atoms with Crippen molar-refractivity contribution in [3.8, 4) is 0 Å². The maximum absolute atomic E-state index is 12.8. The van der Waals surface area contributed by atoms with Gasteiger partial charge in [-0.3, -0.25) is 4.79 Å². The van der Waals surface area contributed by atoms with E-state index in [-0.39, 0.29) is 11.9 Å². The summed E-state index contributed by atoms with van der Waals surface area (Å²) in [6, 6.07) is 19.1. The number of likely N-dealkylation sites (tertiary alicyclic amines) is 1. The van der Waals surface area contributed by atoms with Crippen molar-refractivity contribution in [2.45, 2.75) is 26.3 Å². The minimum absolute atomic E-state index is 0.00133. The summed E-state index contributed by atoms with van der Waals surface area (Å²) in [7, 11) is 0. The summed E-state index contributed by atoms with van der Waals surface area (Å²) in [5.74, 6) is -0.00133. The summed E-state index contributed by atoms with van der Waals surface area (Å²) in [5, 5.41) is 5.92. The minimum atomic E-state index is -0.568. The molecule has 1 fully saturated rings. The molecule has 2 aromatic rings. The molecule has 0 aliphatic carbocycles. The third-order valence-corrected chi connectivity index (χ3v) is 4.85. The van der Waals surface area contributed by atoms with Crippen LogP contribution in [0.3, 0.4) is 0 Å². The fraction of sp³-hybridized carbons (Fsp3) is 0.333. The Kier molecular flexibility index (Phi) is 5.56. The molecular formula is C21H25N3O2. The van der Waals surface area contributed by atoms with Crippen LogP contribution in [0.2, 0.25) is 0 Å². The summed E-state index contributed by atoms with van der Waals surface area (Å²) in [4.78, 5) is 27.0. The molecule has 2 aromatic carbocycles. The molecule has 0 bridgehead atoms. The highest BCUT2D eigenvalue weighted by Gasteiger charge is 2.39. The number of hydrogen-bond donors (Lipinski definition) is 2. The SMILES string of the molecule is CC1(C(=O)NCc2ccccc2)CCCN(C(=O)Nc2ccccc2)C1. The average Bonchev–Trinajstić information content (AvgIpc) is 2.67. The van der Waals surface area contributed by atoms with E-state index in [1.165, 1.54) is 0 Å². The Hall–Kier alpha value is -2.82. The Morgan fingerprint density at radius 3 is 2.38 bits per heavy atom. The fourth-order valence-electron chi connectivity index (χ4n) is 3.31. The summed E-state index contributed by atoms with van der Waals surface area (Å²) < 4.78 is 0. The highest BCUT2D eigenvalue weighted by atomic mass is 16.2.